The fourth-order valence-electron chi connectivity index (χ4n) is 2.98. The van der Waals surface area contributed by atoms with Crippen molar-refractivity contribution in [3.8, 4) is 5.75 Å². The van der Waals surface area contributed by atoms with E-state index in [-0.39, 0.29) is 11.5 Å². The van der Waals surface area contributed by atoms with Crippen LogP contribution in [0.3, 0.4) is 0 Å². The van der Waals surface area contributed by atoms with Crippen LogP contribution in [-0.4, -0.2) is 12.0 Å². The zero-order valence-electron chi connectivity index (χ0n) is 15.7. The fourth-order valence-corrected chi connectivity index (χ4v) is 2.98. The van der Waals surface area contributed by atoms with Crippen LogP contribution in [0.1, 0.15) is 31.4 Å². The fraction of sp³-hybridized carbons (Fsp3) is 0.273. The average Bonchev–Trinajstić information content (AvgIpc) is 2.61. The molecule has 0 spiro atoms. The third kappa shape index (κ3) is 4.56. The normalized spacial score (nSPS) is 12.0. The highest BCUT2D eigenvalue weighted by atomic mass is 16.5. The first-order valence-electron chi connectivity index (χ1n) is 9.07. The maximum Gasteiger partial charge on any atom is 0.336 e. The van der Waals surface area contributed by atoms with Crippen molar-refractivity contribution < 1.29 is 13.9 Å². The van der Waals surface area contributed by atoms with Gasteiger partial charge in [-0.05, 0) is 55.7 Å². The highest BCUT2D eigenvalue weighted by Gasteiger charge is 2.16. The molecular weight excluding hydrogens is 342 g/mol. The number of ether oxygens (including phenoxy) is 1. The van der Waals surface area contributed by atoms with Crippen LogP contribution in [0.5, 0.6) is 5.75 Å². The molecule has 2 aromatic carbocycles. The molecule has 1 atom stereocenters. The summed E-state index contributed by atoms with van der Waals surface area (Å²) in [5.74, 6) is 0.230. The molecule has 1 aromatic heterocycles. The van der Waals surface area contributed by atoms with Gasteiger partial charge in [0.2, 0.25) is 0 Å². The van der Waals surface area contributed by atoms with Crippen LogP contribution >= 0.6 is 0 Å². The molecule has 0 fully saturated rings. The second-order valence-electron chi connectivity index (χ2n) is 6.62. The summed E-state index contributed by atoms with van der Waals surface area (Å²) < 4.78 is 11.1. The summed E-state index contributed by atoms with van der Waals surface area (Å²) in [7, 11) is 0. The van der Waals surface area contributed by atoms with Gasteiger partial charge >= 0.3 is 5.63 Å². The van der Waals surface area contributed by atoms with E-state index in [4.69, 9.17) is 9.15 Å². The summed E-state index contributed by atoms with van der Waals surface area (Å²) in [4.78, 5) is 24.2. The van der Waals surface area contributed by atoms with Gasteiger partial charge in [0.15, 0.2) is 6.10 Å². The maximum atomic E-state index is 12.4. The van der Waals surface area contributed by atoms with Crippen molar-refractivity contribution in [3.63, 3.8) is 0 Å². The van der Waals surface area contributed by atoms with Crippen molar-refractivity contribution in [1.29, 1.82) is 0 Å². The Hall–Kier alpha value is -3.08. The Morgan fingerprint density at radius 3 is 2.74 bits per heavy atom. The number of aryl methyl sites for hydroxylation is 2. The molecule has 0 aliphatic carbocycles. The Bertz CT molecular complexity index is 1020. The second kappa shape index (κ2) is 8.08. The predicted octanol–water partition coefficient (Wildman–Crippen LogP) is 4.46. The standard InChI is InChI=1S/C22H23NO4/c1-4-6-16-12-21(24)27-20-13-18(9-10-19(16)20)26-15(3)22(25)23-17-8-5-7-14(2)11-17/h5,7-13,15H,4,6H2,1-3H3,(H,23,25). The van der Waals surface area contributed by atoms with E-state index in [0.29, 0.717) is 11.3 Å². The minimum Gasteiger partial charge on any atom is -0.481 e. The summed E-state index contributed by atoms with van der Waals surface area (Å²) in [5.41, 5.74) is 2.83. The summed E-state index contributed by atoms with van der Waals surface area (Å²) in [5, 5.41) is 3.73. The minimum atomic E-state index is -0.700. The summed E-state index contributed by atoms with van der Waals surface area (Å²) in [6.07, 6.45) is 1.04. The van der Waals surface area contributed by atoms with Crippen molar-refractivity contribution in [1.82, 2.24) is 0 Å². The van der Waals surface area contributed by atoms with E-state index in [1.54, 1.807) is 19.1 Å². The molecule has 0 aliphatic heterocycles. The Kier molecular flexibility index (Phi) is 5.60. The van der Waals surface area contributed by atoms with Gasteiger partial charge in [0, 0.05) is 23.2 Å². The van der Waals surface area contributed by atoms with E-state index >= 15 is 0 Å². The van der Waals surface area contributed by atoms with E-state index in [9.17, 15) is 9.59 Å². The molecule has 1 N–H and O–H groups in total. The van der Waals surface area contributed by atoms with Gasteiger partial charge in [-0.15, -0.1) is 0 Å². The van der Waals surface area contributed by atoms with Crippen molar-refractivity contribution in [3.05, 3.63) is 70.1 Å². The van der Waals surface area contributed by atoms with Gasteiger partial charge in [0.25, 0.3) is 5.91 Å². The van der Waals surface area contributed by atoms with Crippen LogP contribution in [0.2, 0.25) is 0 Å². The van der Waals surface area contributed by atoms with Crippen LogP contribution in [0.15, 0.2) is 57.7 Å². The molecule has 1 heterocycles. The number of anilines is 1. The summed E-state index contributed by atoms with van der Waals surface area (Å²) >= 11 is 0. The first-order chi connectivity index (χ1) is 13.0. The van der Waals surface area contributed by atoms with Gasteiger partial charge in [0.05, 0.1) is 0 Å². The van der Waals surface area contributed by atoms with Crippen LogP contribution < -0.4 is 15.7 Å². The zero-order valence-corrected chi connectivity index (χ0v) is 15.7. The van der Waals surface area contributed by atoms with Gasteiger partial charge in [0.1, 0.15) is 11.3 Å². The van der Waals surface area contributed by atoms with Crippen molar-refractivity contribution >= 4 is 22.6 Å². The number of rotatable bonds is 6. The average molecular weight is 365 g/mol. The summed E-state index contributed by atoms with van der Waals surface area (Å²) in [6.45, 7) is 5.71. The molecule has 1 unspecified atom stereocenters. The zero-order chi connectivity index (χ0) is 19.4. The quantitative estimate of drug-likeness (QED) is 0.655. The second-order valence-corrected chi connectivity index (χ2v) is 6.62. The van der Waals surface area contributed by atoms with Gasteiger partial charge in [-0.25, -0.2) is 4.79 Å². The highest BCUT2D eigenvalue weighted by Crippen LogP contribution is 2.24. The molecular formula is C22H23NO4. The van der Waals surface area contributed by atoms with Crippen LogP contribution in [0.4, 0.5) is 5.69 Å². The summed E-state index contributed by atoms with van der Waals surface area (Å²) in [6, 6.07) is 14.4. The third-order valence-corrected chi connectivity index (χ3v) is 4.29. The minimum absolute atomic E-state index is 0.248. The lowest BCUT2D eigenvalue weighted by Crippen LogP contribution is -2.30. The lowest BCUT2D eigenvalue weighted by molar-refractivity contribution is -0.122. The molecule has 5 heteroatoms. The van der Waals surface area contributed by atoms with Crippen molar-refractivity contribution in [2.75, 3.05) is 5.32 Å². The van der Waals surface area contributed by atoms with Gasteiger partial charge in [-0.1, -0.05) is 25.5 Å². The number of fused-ring (bicyclic) bond motifs is 1. The molecule has 140 valence electrons. The maximum absolute atomic E-state index is 12.4. The number of hydrogen-bond acceptors (Lipinski definition) is 4. The Balaban J connectivity index is 1.77. The van der Waals surface area contributed by atoms with Gasteiger partial charge in [-0.3, -0.25) is 4.79 Å². The van der Waals surface area contributed by atoms with E-state index in [1.165, 1.54) is 6.07 Å². The Morgan fingerprint density at radius 2 is 2.00 bits per heavy atom. The molecule has 1 amide bonds. The number of carbonyl (C=O) groups excluding carboxylic acids is 1. The molecule has 0 saturated heterocycles. The van der Waals surface area contributed by atoms with Crippen molar-refractivity contribution in [2.45, 2.75) is 39.7 Å². The molecule has 0 aliphatic rings. The number of amides is 1. The number of benzene rings is 2. The first-order valence-corrected chi connectivity index (χ1v) is 9.07. The molecule has 0 radical (unpaired) electrons. The van der Waals surface area contributed by atoms with E-state index in [2.05, 4.69) is 12.2 Å². The third-order valence-electron chi connectivity index (χ3n) is 4.29. The highest BCUT2D eigenvalue weighted by molar-refractivity contribution is 5.94. The smallest absolute Gasteiger partial charge is 0.336 e. The number of hydrogen-bond donors (Lipinski definition) is 1. The predicted molar refractivity (Wildman–Crippen MR) is 106 cm³/mol. The molecule has 3 aromatic rings. The first kappa shape index (κ1) is 18.7. The molecule has 0 bridgehead atoms. The topological polar surface area (TPSA) is 68.5 Å². The van der Waals surface area contributed by atoms with Crippen LogP contribution in [0.25, 0.3) is 11.0 Å². The SMILES string of the molecule is CCCc1cc(=O)oc2cc(OC(C)C(=O)Nc3cccc(C)c3)ccc12. The Morgan fingerprint density at radius 1 is 1.19 bits per heavy atom. The molecule has 3 rings (SSSR count). The van der Waals surface area contributed by atoms with E-state index < -0.39 is 6.10 Å². The molecule has 27 heavy (non-hydrogen) atoms. The van der Waals surface area contributed by atoms with E-state index in [0.717, 1.165) is 35.0 Å². The van der Waals surface area contributed by atoms with Crippen molar-refractivity contribution in [2.24, 2.45) is 0 Å². The lowest BCUT2D eigenvalue weighted by Gasteiger charge is -2.15. The molecule has 0 saturated carbocycles. The van der Waals surface area contributed by atoms with Gasteiger partial charge < -0.3 is 14.5 Å². The number of carbonyl (C=O) groups is 1. The Labute approximate surface area is 158 Å². The lowest BCUT2D eigenvalue weighted by atomic mass is 10.1. The van der Waals surface area contributed by atoms with E-state index in [1.807, 2.05) is 37.3 Å². The number of nitrogens with one attached hydrogen (secondary N) is 1. The molecule has 5 nitrogen and oxygen atoms in total. The van der Waals surface area contributed by atoms with Gasteiger partial charge in [-0.2, -0.15) is 0 Å². The van der Waals surface area contributed by atoms with Crippen LogP contribution in [0, 0.1) is 6.92 Å². The van der Waals surface area contributed by atoms with Crippen LogP contribution in [-0.2, 0) is 11.2 Å². The monoisotopic (exact) mass is 365 g/mol. The largest absolute Gasteiger partial charge is 0.481 e.